The van der Waals surface area contributed by atoms with Gasteiger partial charge in [0.15, 0.2) is 43.7 Å². The first-order valence-corrected chi connectivity index (χ1v) is 49.4. The summed E-state index contributed by atoms with van der Waals surface area (Å²) in [5.74, 6) is -6.21. The molecule has 0 aliphatic carbocycles. The summed E-state index contributed by atoms with van der Waals surface area (Å²) in [6.45, 7) is 19.3. The number of carbonyl (C=O) groups excluding carboxylic acids is 14. The highest BCUT2D eigenvalue weighted by Gasteiger charge is 2.54. The molecule has 146 heavy (non-hydrogen) atoms. The molecule has 0 aromatic heterocycles. The number of amides is 11. The second kappa shape index (κ2) is 72.1. The summed E-state index contributed by atoms with van der Waals surface area (Å²) in [4.78, 5) is 170. The molecular formula is C92H164N12O42. The van der Waals surface area contributed by atoms with Crippen molar-refractivity contribution < 1.29 is 204 Å². The third kappa shape index (κ3) is 51.8. The normalized spacial score (nSPS) is 27.0. The van der Waals surface area contributed by atoms with Gasteiger partial charge in [-0.2, -0.15) is 0 Å². The van der Waals surface area contributed by atoms with E-state index in [-0.39, 0.29) is 184 Å². The topological polar surface area (TPSA) is 774 Å². The predicted octanol–water partition coefficient (Wildman–Crippen LogP) is -8.37. The Morgan fingerprint density at radius 2 is 0.568 bits per heavy atom. The van der Waals surface area contributed by atoms with Gasteiger partial charge in [-0.1, -0.05) is 13.8 Å². The minimum absolute atomic E-state index is 0.00895. The minimum Gasteiger partial charge on any atom is -0.463 e. The van der Waals surface area contributed by atoms with Gasteiger partial charge in [-0.15, -0.1) is 0 Å². The van der Waals surface area contributed by atoms with Crippen molar-refractivity contribution in [1.82, 2.24) is 63.8 Å². The molecule has 5 rings (SSSR count). The molecule has 25 atom stereocenters. The number of rotatable bonds is 64. The van der Waals surface area contributed by atoms with Crippen LogP contribution in [-0.4, -0.2) is 453 Å². The van der Waals surface area contributed by atoms with Gasteiger partial charge in [0.1, 0.15) is 136 Å². The average molecular weight is 2110 g/mol. The number of carbonyl (C=O) groups is 14. The molecule has 5 fully saturated rings. The Bertz CT molecular complexity index is 3610. The third-order valence-electron chi connectivity index (χ3n) is 22.7. The van der Waals surface area contributed by atoms with Gasteiger partial charge in [-0.25, -0.2) is 0 Å². The summed E-state index contributed by atoms with van der Waals surface area (Å²) in [5.41, 5.74) is -0.902. The first-order chi connectivity index (χ1) is 69.1. The van der Waals surface area contributed by atoms with E-state index < -0.39 is 227 Å². The molecule has 24 N–H and O–H groups in total. The molecule has 0 spiro atoms. The fourth-order valence-electron chi connectivity index (χ4n) is 15.8. The number of unbranched alkanes of at least 4 members (excludes halogenated alkanes) is 6. The van der Waals surface area contributed by atoms with Crippen LogP contribution >= 0.6 is 0 Å². The fourth-order valence-corrected chi connectivity index (χ4v) is 15.8. The van der Waals surface area contributed by atoms with E-state index in [1.807, 2.05) is 13.8 Å². The molecular weight excluding hydrogens is 1950 g/mol. The maximum Gasteiger partial charge on any atom is 0.303 e. The van der Waals surface area contributed by atoms with Gasteiger partial charge in [0.25, 0.3) is 0 Å². The largest absolute Gasteiger partial charge is 0.463 e. The molecule has 5 aliphatic rings. The number of hydrogen-bond donors (Lipinski definition) is 24. The molecule has 5 saturated heterocycles. The zero-order valence-corrected chi connectivity index (χ0v) is 86.0. The molecule has 0 aromatic rings. The van der Waals surface area contributed by atoms with Crippen molar-refractivity contribution in [3.63, 3.8) is 0 Å². The van der Waals surface area contributed by atoms with E-state index in [0.717, 1.165) is 0 Å². The number of nitrogens with one attached hydrogen (secondary N) is 12. The predicted molar refractivity (Wildman–Crippen MR) is 507 cm³/mol. The standard InChI is InChI=1S/C64H116N10O27.C17H27NO9.C11H21NO6/c1-39(2)74-64(18-15-46(81)68-24-30-93-36-49(84)65-21-9-6-12-27-96-61-52(71-40(3)78)58(90)55(87)43(33-75)99-61,19-16-47(82)69-25-31-94-37-50(85)66-22-10-7-13-28-97-62-53(72-41(4)79)59(91)56(88)44(34-76)100-62)20-17-48(83)70-26-32-95-38-51(86)67-23-11-8-14-29-98-63-54(73-42(5)80)60(92)57(89)45(35-77)101-63;1-8(2)24-17-14(18-9(3)19)16(26-12(6)22)15(25-11(5)21)13(27-17)7-23-10(4)20;1-5(2)17-11-8(12-6(3)14)10(16)9(15)7(4-13)18-11/h39,43-45,52-63,74-77,87-92H,6-38H2,1-5H3,(H,65,84)(H,66,85)(H,67,86)(H,68,81)(H,69,82)(H,70,83)(H,71,78)(H,72,79)(H,73,80);8,13-17H,7H2,1-6H3,(H,18,19);5,7-11,13,15-16H,4H2,1-3H3,(H,12,14)/t43-,44-,45-,52-,53-,54-,55+,56+,57+,58-,59-,60-,61-,62-,63-;13-,14-,15+,16-,17-;7-,8-,9+,10-,11-/m111/s1. The molecule has 844 valence electrons. The van der Waals surface area contributed by atoms with Gasteiger partial charge < -0.3 is 201 Å². The Kier molecular flexibility index (Phi) is 65.0. The van der Waals surface area contributed by atoms with Crippen LogP contribution in [0.4, 0.5) is 0 Å². The monoisotopic (exact) mass is 2110 g/mol. The highest BCUT2D eigenvalue weighted by molar-refractivity contribution is 5.80. The SMILES string of the molecule is CC(=O)N[C@H]1[C@H](OC(C)C)O[C@H](CO)[C@H](O)[C@@H]1O.CC(=O)N[C@H]1[C@H](OC(C)C)O[C@H](COC(C)=O)[C@H](OC(C)=O)[C@@H]1OC(C)=O.CC(=O)N[C@H]1[C@H](OCCCCCNC(=O)COCCNC(=O)CCC(CCC(=O)NCCOCC(=O)NCCCCCO[C@@H]2O[C@H](CO)[C@H](O)[C@H](O)[C@H]2NC(C)=O)(CCC(=O)NCCOCC(=O)NCCCCCO[C@@H]2O[C@H](CO)[C@H](O)[C@H](O)[C@H]2NC(C)=O)NC(C)C)O[C@H](CO)[C@H](O)[C@@H]1O. The summed E-state index contributed by atoms with van der Waals surface area (Å²) in [5, 5.41) is 152. The smallest absolute Gasteiger partial charge is 0.303 e. The van der Waals surface area contributed by atoms with E-state index in [4.69, 9.17) is 80.9 Å². The summed E-state index contributed by atoms with van der Waals surface area (Å²) >= 11 is 0. The summed E-state index contributed by atoms with van der Waals surface area (Å²) in [7, 11) is 0. The zero-order valence-electron chi connectivity index (χ0n) is 86.0. The lowest BCUT2D eigenvalue weighted by atomic mass is 9.82. The lowest BCUT2D eigenvalue weighted by Crippen LogP contribution is -2.66. The van der Waals surface area contributed by atoms with E-state index in [1.165, 1.54) is 55.4 Å². The van der Waals surface area contributed by atoms with Crippen LogP contribution in [0.5, 0.6) is 0 Å². The highest BCUT2D eigenvalue weighted by atomic mass is 16.7. The number of esters is 3. The molecule has 0 bridgehead atoms. The Hall–Kier alpha value is -8.46. The van der Waals surface area contributed by atoms with Gasteiger partial charge >= 0.3 is 17.9 Å². The van der Waals surface area contributed by atoms with Crippen LogP contribution in [0, 0.1) is 0 Å². The van der Waals surface area contributed by atoms with Crippen LogP contribution in [0.1, 0.15) is 193 Å². The molecule has 0 saturated carbocycles. The lowest BCUT2D eigenvalue weighted by molar-refractivity contribution is -0.285. The van der Waals surface area contributed by atoms with E-state index in [9.17, 15) is 123 Å². The second-order valence-electron chi connectivity index (χ2n) is 36.5. The van der Waals surface area contributed by atoms with Crippen molar-refractivity contribution in [2.24, 2.45) is 0 Å². The van der Waals surface area contributed by atoms with Crippen LogP contribution in [0.15, 0.2) is 0 Å². The Labute approximate surface area is 849 Å². The van der Waals surface area contributed by atoms with Crippen molar-refractivity contribution in [1.29, 1.82) is 0 Å². The van der Waals surface area contributed by atoms with Crippen molar-refractivity contribution in [3.8, 4) is 0 Å². The Balaban J connectivity index is 0.000000983. The molecule has 11 amide bonds. The quantitative estimate of drug-likeness (QED) is 0.0153. The van der Waals surface area contributed by atoms with Crippen LogP contribution in [0.25, 0.3) is 0 Å². The van der Waals surface area contributed by atoms with Gasteiger partial charge in [0.2, 0.25) is 65.0 Å². The first kappa shape index (κ1) is 132. The number of aliphatic hydroxyl groups is 12. The number of hydrogen-bond acceptors (Lipinski definition) is 43. The van der Waals surface area contributed by atoms with Gasteiger partial charge in [0, 0.05) is 145 Å². The average Bonchev–Trinajstić information content (AvgIpc) is 0.781. The Morgan fingerprint density at radius 3 is 0.842 bits per heavy atom. The van der Waals surface area contributed by atoms with Crippen molar-refractivity contribution in [2.45, 2.75) is 370 Å². The molecule has 5 heterocycles. The lowest BCUT2D eigenvalue weighted by Gasteiger charge is -2.45. The maximum atomic E-state index is 13.3. The Morgan fingerprint density at radius 1 is 0.301 bits per heavy atom. The summed E-state index contributed by atoms with van der Waals surface area (Å²) < 4.78 is 88.2. The minimum atomic E-state index is -1.43. The van der Waals surface area contributed by atoms with Gasteiger partial charge in [-0.3, -0.25) is 67.1 Å². The molecule has 54 heteroatoms. The number of ether oxygens (including phenoxy) is 16. The zero-order chi connectivity index (χ0) is 109. The second-order valence-corrected chi connectivity index (χ2v) is 36.5. The van der Waals surface area contributed by atoms with Crippen molar-refractivity contribution >= 4 is 82.9 Å². The van der Waals surface area contributed by atoms with Gasteiger partial charge in [0.05, 0.1) is 58.5 Å². The van der Waals surface area contributed by atoms with E-state index in [2.05, 4.69) is 63.8 Å². The molecule has 5 aliphatic heterocycles. The van der Waals surface area contributed by atoms with Crippen LogP contribution in [-0.2, 0) is 143 Å². The van der Waals surface area contributed by atoms with Crippen LogP contribution in [0.2, 0.25) is 0 Å². The molecule has 54 nitrogen and oxygen atoms in total. The highest BCUT2D eigenvalue weighted by Crippen LogP contribution is 2.32. The molecule has 0 radical (unpaired) electrons. The summed E-state index contributed by atoms with van der Waals surface area (Å²) in [6.07, 6.45) is -18.4. The van der Waals surface area contributed by atoms with Crippen LogP contribution < -0.4 is 63.8 Å². The fraction of sp³-hybridized carbons (Fsp3) is 0.848. The van der Waals surface area contributed by atoms with E-state index in [1.54, 1.807) is 27.7 Å². The van der Waals surface area contributed by atoms with E-state index in [0.29, 0.717) is 77.4 Å². The molecule has 0 unspecified atom stereocenters. The van der Waals surface area contributed by atoms with Crippen LogP contribution in [0.3, 0.4) is 0 Å². The first-order valence-electron chi connectivity index (χ1n) is 49.4. The summed E-state index contributed by atoms with van der Waals surface area (Å²) in [6, 6.07) is -5.12. The number of aliphatic hydroxyl groups excluding tert-OH is 12. The van der Waals surface area contributed by atoms with Crippen molar-refractivity contribution in [2.75, 3.05) is 132 Å². The molecule has 0 aromatic carbocycles. The van der Waals surface area contributed by atoms with Crippen molar-refractivity contribution in [3.05, 3.63) is 0 Å². The van der Waals surface area contributed by atoms with E-state index >= 15 is 0 Å². The third-order valence-corrected chi connectivity index (χ3v) is 22.7. The van der Waals surface area contributed by atoms with Gasteiger partial charge in [-0.05, 0) is 105 Å². The maximum absolute atomic E-state index is 13.3.